The van der Waals surface area contributed by atoms with Gasteiger partial charge in [0.2, 0.25) is 0 Å². The Morgan fingerprint density at radius 2 is 1.17 bits per heavy atom. The highest BCUT2D eigenvalue weighted by Crippen LogP contribution is 2.55. The van der Waals surface area contributed by atoms with Gasteiger partial charge < -0.3 is 14.2 Å². The molecule has 1 saturated carbocycles. The lowest BCUT2D eigenvalue weighted by atomic mass is 9.88. The second-order valence-electron chi connectivity index (χ2n) is 4.75. The molecule has 0 saturated heterocycles. The molecular weight excluding hydrogens is 302 g/mol. The fourth-order valence-corrected chi connectivity index (χ4v) is 2.60. The molecule has 1 rings (SSSR count). The van der Waals surface area contributed by atoms with Crippen LogP contribution in [0.1, 0.15) is 20.8 Å². The Morgan fingerprint density at radius 1 is 0.783 bits per heavy atom. The third-order valence-electron chi connectivity index (χ3n) is 3.72. The van der Waals surface area contributed by atoms with Crippen LogP contribution < -0.4 is 0 Å². The number of hydrogen-bond acceptors (Lipinski definition) is 7. The molecule has 0 aliphatic heterocycles. The molecule has 7 heteroatoms. The van der Waals surface area contributed by atoms with Crippen molar-refractivity contribution in [2.75, 3.05) is 34.4 Å². The third-order valence-corrected chi connectivity index (χ3v) is 3.72. The van der Waals surface area contributed by atoms with Crippen molar-refractivity contribution in [2.24, 2.45) is 0 Å². The first-order chi connectivity index (χ1) is 10.9. The van der Waals surface area contributed by atoms with Crippen molar-refractivity contribution >= 4 is 17.9 Å². The summed E-state index contributed by atoms with van der Waals surface area (Å²) in [6.45, 7) is 6.42. The second kappa shape index (κ2) is 8.29. The van der Waals surface area contributed by atoms with Gasteiger partial charge in [-0.3, -0.25) is 19.3 Å². The fourth-order valence-electron chi connectivity index (χ4n) is 2.60. The van der Waals surface area contributed by atoms with Crippen LogP contribution in [0.4, 0.5) is 0 Å². The fraction of sp³-hybridized carbons (Fsp3) is 0.500. The van der Waals surface area contributed by atoms with E-state index in [-0.39, 0.29) is 17.8 Å². The maximum absolute atomic E-state index is 12.3. The normalized spacial score (nSPS) is 18.4. The van der Waals surface area contributed by atoms with Crippen molar-refractivity contribution in [3.63, 3.8) is 0 Å². The molecule has 5 radical (unpaired) electrons. The molecule has 0 bridgehead atoms. The van der Waals surface area contributed by atoms with Crippen LogP contribution in [-0.2, 0) is 28.6 Å². The van der Waals surface area contributed by atoms with E-state index in [1.807, 2.05) is 13.8 Å². The number of carbonyl (C=O) groups is 3. The van der Waals surface area contributed by atoms with Gasteiger partial charge in [0.05, 0.1) is 27.4 Å². The Hall–Kier alpha value is -1.63. The number of esters is 3. The van der Waals surface area contributed by atoms with Gasteiger partial charge in [-0.15, -0.1) is 0 Å². The van der Waals surface area contributed by atoms with Crippen LogP contribution in [-0.4, -0.2) is 57.2 Å². The van der Waals surface area contributed by atoms with E-state index in [0.29, 0.717) is 25.0 Å². The summed E-state index contributed by atoms with van der Waals surface area (Å²) in [5, 5.41) is 0. The lowest BCUT2D eigenvalue weighted by Gasteiger charge is -2.31. The van der Waals surface area contributed by atoms with E-state index < -0.39 is 17.9 Å². The monoisotopic (exact) mass is 324 g/mol. The number of hydrogen-bond donors (Lipinski definition) is 0. The summed E-state index contributed by atoms with van der Waals surface area (Å²) in [6, 6.07) is 0.339. The number of carbonyl (C=O) groups excluding carboxylic acids is 3. The topological polar surface area (TPSA) is 82.1 Å². The van der Waals surface area contributed by atoms with Crippen LogP contribution in [0.3, 0.4) is 0 Å². The van der Waals surface area contributed by atoms with Crippen LogP contribution in [0, 0.1) is 29.7 Å². The van der Waals surface area contributed by atoms with Gasteiger partial charge in [0, 0.05) is 5.92 Å². The lowest BCUT2D eigenvalue weighted by molar-refractivity contribution is -0.143. The van der Waals surface area contributed by atoms with Gasteiger partial charge in [0.15, 0.2) is 0 Å². The molecule has 7 nitrogen and oxygen atoms in total. The molecule has 1 fully saturated rings. The smallest absolute Gasteiger partial charge is 0.316 e. The van der Waals surface area contributed by atoms with Crippen molar-refractivity contribution in [1.82, 2.24) is 4.90 Å². The molecular formula is C16H22NO6. The van der Waals surface area contributed by atoms with Gasteiger partial charge in [-0.05, 0) is 13.1 Å². The molecule has 127 valence electrons. The Morgan fingerprint density at radius 3 is 1.57 bits per heavy atom. The molecule has 1 aliphatic rings. The summed E-state index contributed by atoms with van der Waals surface area (Å²) >= 11 is 0. The van der Waals surface area contributed by atoms with Crippen LogP contribution in [0.25, 0.3) is 0 Å². The molecule has 23 heavy (non-hydrogen) atoms. The van der Waals surface area contributed by atoms with E-state index >= 15 is 0 Å². The van der Waals surface area contributed by atoms with E-state index in [9.17, 15) is 14.4 Å². The molecule has 0 amide bonds. The maximum atomic E-state index is 12.3. The number of ether oxygens (including phenoxy) is 3. The van der Waals surface area contributed by atoms with E-state index in [1.165, 1.54) is 21.3 Å². The first kappa shape index (κ1) is 19.4. The largest absolute Gasteiger partial charge is 0.469 e. The highest BCUT2D eigenvalue weighted by Gasteiger charge is 2.62. The summed E-state index contributed by atoms with van der Waals surface area (Å²) < 4.78 is 14.4. The van der Waals surface area contributed by atoms with Crippen molar-refractivity contribution in [3.8, 4) is 0 Å². The van der Waals surface area contributed by atoms with Crippen LogP contribution in [0.2, 0.25) is 0 Å². The molecule has 0 atom stereocenters. The van der Waals surface area contributed by atoms with Crippen molar-refractivity contribution in [3.05, 3.63) is 29.7 Å². The van der Waals surface area contributed by atoms with Gasteiger partial charge in [-0.1, -0.05) is 20.8 Å². The van der Waals surface area contributed by atoms with Gasteiger partial charge >= 0.3 is 17.9 Å². The molecule has 0 unspecified atom stereocenters. The van der Waals surface area contributed by atoms with Crippen LogP contribution in [0.15, 0.2) is 0 Å². The Kier molecular flexibility index (Phi) is 7.00. The van der Waals surface area contributed by atoms with Crippen molar-refractivity contribution < 1.29 is 28.6 Å². The van der Waals surface area contributed by atoms with Gasteiger partial charge in [0.25, 0.3) is 0 Å². The average Bonchev–Trinajstić information content (AvgIpc) is 2.87. The zero-order chi connectivity index (χ0) is 17.7. The summed E-state index contributed by atoms with van der Waals surface area (Å²) in [6.07, 6.45) is 0. The molecule has 1 aliphatic carbocycles. The van der Waals surface area contributed by atoms with E-state index in [4.69, 9.17) is 14.2 Å². The molecule has 0 spiro atoms. The minimum absolute atomic E-state index is 0.0287. The highest BCUT2D eigenvalue weighted by molar-refractivity contribution is 6.14. The van der Waals surface area contributed by atoms with E-state index in [2.05, 4.69) is 0 Å². The average molecular weight is 324 g/mol. The molecule has 0 N–H and O–H groups in total. The predicted molar refractivity (Wildman–Crippen MR) is 80.9 cm³/mol. The summed E-state index contributed by atoms with van der Waals surface area (Å²) in [5.74, 6) is -1.45. The Balaban J connectivity index is 3.42. The van der Waals surface area contributed by atoms with Crippen LogP contribution >= 0.6 is 0 Å². The number of methoxy groups -OCH3 is 3. The van der Waals surface area contributed by atoms with Crippen molar-refractivity contribution in [2.45, 2.75) is 20.8 Å². The second-order valence-corrected chi connectivity index (χ2v) is 4.75. The standard InChI is InChI=1S/C16H22NO6/c1-7-17(8-2)13-11(15(19)22-5)9(3)10(14(18)21-4)12(13)16(20)23-6/h7-8H2,1-6H3. The zero-order valence-electron chi connectivity index (χ0n) is 14.3. The zero-order valence-corrected chi connectivity index (χ0v) is 14.3. The summed E-state index contributed by atoms with van der Waals surface area (Å²) in [5.41, 5.74) is 0. The molecule has 0 aromatic carbocycles. The first-order valence-corrected chi connectivity index (χ1v) is 7.22. The minimum atomic E-state index is -0.703. The lowest BCUT2D eigenvalue weighted by Crippen LogP contribution is -2.39. The SMILES string of the molecule is CCN(CC)[C]1[C](C(=O)OC)[C](C)[C](C(=O)OC)[C]1C(=O)OC. The molecule has 0 heterocycles. The quantitative estimate of drug-likeness (QED) is 0.525. The number of rotatable bonds is 6. The Bertz CT molecular complexity index is 448. The Labute approximate surface area is 137 Å². The van der Waals surface area contributed by atoms with E-state index in [1.54, 1.807) is 11.8 Å². The predicted octanol–water partition coefficient (Wildman–Crippen LogP) is 0.711. The summed E-state index contributed by atoms with van der Waals surface area (Å²) in [4.78, 5) is 38.5. The van der Waals surface area contributed by atoms with Crippen LogP contribution in [0.5, 0.6) is 0 Å². The van der Waals surface area contributed by atoms with Gasteiger partial charge in [0.1, 0.15) is 17.8 Å². The summed E-state index contributed by atoms with van der Waals surface area (Å²) in [7, 11) is 3.68. The van der Waals surface area contributed by atoms with Gasteiger partial charge in [-0.2, -0.15) is 0 Å². The highest BCUT2D eigenvalue weighted by atomic mass is 16.5. The minimum Gasteiger partial charge on any atom is -0.469 e. The third kappa shape index (κ3) is 3.49. The maximum Gasteiger partial charge on any atom is 0.316 e. The number of nitrogens with zero attached hydrogens (tertiary/aromatic N) is 1. The van der Waals surface area contributed by atoms with Gasteiger partial charge in [-0.25, -0.2) is 0 Å². The molecule has 0 aromatic rings. The van der Waals surface area contributed by atoms with E-state index in [0.717, 1.165) is 0 Å². The molecule has 0 aromatic heterocycles. The van der Waals surface area contributed by atoms with Crippen molar-refractivity contribution in [1.29, 1.82) is 0 Å². The first-order valence-electron chi connectivity index (χ1n) is 7.22.